The molecule has 0 fully saturated rings. The average Bonchev–Trinajstić information content (AvgIpc) is 3.32. The number of imide groups is 1. The molecule has 7 heteroatoms. The molecular formula is C25H22N2O4S. The zero-order chi connectivity index (χ0) is 22.8. The molecule has 0 unspecified atom stereocenters. The third-order valence-electron chi connectivity index (χ3n) is 4.94. The van der Waals surface area contributed by atoms with Crippen molar-refractivity contribution in [1.82, 2.24) is 0 Å². The molecule has 0 atom stereocenters. The summed E-state index contributed by atoms with van der Waals surface area (Å²) < 4.78 is 5.40. The lowest BCUT2D eigenvalue weighted by Gasteiger charge is -2.16. The molecule has 1 aliphatic rings. The van der Waals surface area contributed by atoms with Gasteiger partial charge in [-0.1, -0.05) is 18.2 Å². The number of amides is 3. The van der Waals surface area contributed by atoms with E-state index >= 15 is 0 Å². The number of carbonyl (C=O) groups is 3. The first-order valence-corrected chi connectivity index (χ1v) is 11.1. The van der Waals surface area contributed by atoms with Crippen LogP contribution in [-0.2, 0) is 20.1 Å². The number of nitrogens with zero attached hydrogens (tertiary/aromatic N) is 1. The number of anilines is 2. The van der Waals surface area contributed by atoms with Crippen molar-refractivity contribution in [2.75, 3.05) is 10.2 Å². The van der Waals surface area contributed by atoms with E-state index in [-0.39, 0.29) is 17.7 Å². The zero-order valence-electron chi connectivity index (χ0n) is 18.0. The van der Waals surface area contributed by atoms with Gasteiger partial charge in [0.2, 0.25) is 5.91 Å². The van der Waals surface area contributed by atoms with E-state index in [2.05, 4.69) is 5.32 Å². The van der Waals surface area contributed by atoms with Gasteiger partial charge >= 0.3 is 0 Å². The number of rotatable bonds is 6. The third-order valence-corrected chi connectivity index (χ3v) is 6.04. The number of hydrogen-bond donors (Lipinski definition) is 1. The summed E-state index contributed by atoms with van der Waals surface area (Å²) in [6.45, 7) is 5.30. The molecule has 162 valence electrons. The van der Waals surface area contributed by atoms with E-state index in [9.17, 15) is 14.4 Å². The Hall–Kier alpha value is -3.58. The Balaban J connectivity index is 1.74. The summed E-state index contributed by atoms with van der Waals surface area (Å²) in [5, 5.41) is 2.71. The summed E-state index contributed by atoms with van der Waals surface area (Å²) in [6.07, 6.45) is 1.58. The van der Waals surface area contributed by atoms with Crippen LogP contribution in [0.5, 0.6) is 0 Å². The van der Waals surface area contributed by atoms with Gasteiger partial charge in [-0.2, -0.15) is 0 Å². The maximum Gasteiger partial charge on any atom is 0.272 e. The van der Waals surface area contributed by atoms with E-state index in [1.54, 1.807) is 36.6 Å². The summed E-state index contributed by atoms with van der Waals surface area (Å²) in [4.78, 5) is 39.9. The minimum Gasteiger partial charge on any atom is -0.468 e. The molecule has 0 saturated heterocycles. The van der Waals surface area contributed by atoms with Crippen LogP contribution in [0.1, 0.15) is 29.4 Å². The molecule has 0 aliphatic carbocycles. The fraction of sp³-hybridized carbons (Fsp3) is 0.160. The molecule has 1 aromatic heterocycles. The minimum absolute atomic E-state index is 0.181. The topological polar surface area (TPSA) is 79.6 Å². The number of carbonyl (C=O) groups excluding carboxylic acids is 3. The van der Waals surface area contributed by atoms with Gasteiger partial charge in [-0.3, -0.25) is 14.4 Å². The fourth-order valence-electron chi connectivity index (χ4n) is 3.67. The highest BCUT2D eigenvalue weighted by Gasteiger charge is 2.40. The van der Waals surface area contributed by atoms with Crippen LogP contribution in [-0.4, -0.2) is 17.7 Å². The molecular weight excluding hydrogens is 424 g/mol. The Morgan fingerprint density at radius 3 is 2.28 bits per heavy atom. The SMILES string of the molecule is CC(=O)Nc1ccc(C2=C(SCc3ccco3)C(=O)N(c3cc(C)cc(C)c3)C2=O)cc1. The van der Waals surface area contributed by atoms with Gasteiger partial charge in [0.05, 0.1) is 28.2 Å². The van der Waals surface area contributed by atoms with Crippen LogP contribution in [0.2, 0.25) is 0 Å². The van der Waals surface area contributed by atoms with Crippen molar-refractivity contribution in [3.05, 3.63) is 88.2 Å². The lowest BCUT2D eigenvalue weighted by atomic mass is 10.1. The van der Waals surface area contributed by atoms with Crippen molar-refractivity contribution in [1.29, 1.82) is 0 Å². The first kappa shape index (κ1) is 21.6. The second kappa shape index (κ2) is 8.88. The third kappa shape index (κ3) is 4.38. The van der Waals surface area contributed by atoms with Crippen LogP contribution in [0.15, 0.2) is 70.2 Å². The van der Waals surface area contributed by atoms with Crippen LogP contribution in [0, 0.1) is 13.8 Å². The first-order chi connectivity index (χ1) is 15.3. The van der Waals surface area contributed by atoms with E-state index in [0.29, 0.717) is 38.9 Å². The fourth-order valence-corrected chi connectivity index (χ4v) is 4.69. The molecule has 3 aromatic rings. The molecule has 2 aromatic carbocycles. The lowest BCUT2D eigenvalue weighted by molar-refractivity contribution is -0.120. The second-order valence-corrected chi connectivity index (χ2v) is 8.61. The van der Waals surface area contributed by atoms with Crippen molar-refractivity contribution in [3.8, 4) is 0 Å². The second-order valence-electron chi connectivity index (χ2n) is 7.62. The molecule has 1 N–H and O–H groups in total. The Morgan fingerprint density at radius 1 is 1.00 bits per heavy atom. The quantitative estimate of drug-likeness (QED) is 0.535. The molecule has 4 rings (SSSR count). The minimum atomic E-state index is -0.366. The van der Waals surface area contributed by atoms with Gasteiger partial charge in [0.1, 0.15) is 5.76 Å². The number of hydrogen-bond acceptors (Lipinski definition) is 5. The monoisotopic (exact) mass is 446 g/mol. The Labute approximate surface area is 190 Å². The number of furan rings is 1. The van der Waals surface area contributed by atoms with E-state index in [1.807, 2.05) is 38.1 Å². The first-order valence-electron chi connectivity index (χ1n) is 10.1. The van der Waals surface area contributed by atoms with Crippen LogP contribution < -0.4 is 10.2 Å². The number of aryl methyl sites for hydroxylation is 2. The van der Waals surface area contributed by atoms with Crippen molar-refractivity contribution < 1.29 is 18.8 Å². The molecule has 0 spiro atoms. The van der Waals surface area contributed by atoms with Gasteiger partial charge in [-0.25, -0.2) is 4.90 Å². The smallest absolute Gasteiger partial charge is 0.272 e. The Kier molecular flexibility index (Phi) is 6.01. The van der Waals surface area contributed by atoms with Crippen molar-refractivity contribution in [2.24, 2.45) is 0 Å². The standard InChI is InChI=1S/C25H22N2O4S/c1-15-11-16(2)13-20(12-15)27-24(29)22(18-6-8-19(9-7-18)26-17(3)28)23(25(27)30)32-14-21-5-4-10-31-21/h4-13H,14H2,1-3H3,(H,26,28). The average molecular weight is 447 g/mol. The molecule has 0 bridgehead atoms. The van der Waals surface area contributed by atoms with E-state index in [4.69, 9.17) is 4.42 Å². The van der Waals surface area contributed by atoms with E-state index < -0.39 is 0 Å². The number of nitrogens with one attached hydrogen (secondary N) is 1. The summed E-state index contributed by atoms with van der Waals surface area (Å²) in [7, 11) is 0. The summed E-state index contributed by atoms with van der Waals surface area (Å²) in [5.41, 5.74) is 4.08. The highest BCUT2D eigenvalue weighted by Crippen LogP contribution is 2.40. The van der Waals surface area contributed by atoms with Gasteiger partial charge in [0.25, 0.3) is 11.8 Å². The predicted molar refractivity (Wildman–Crippen MR) is 126 cm³/mol. The van der Waals surface area contributed by atoms with Crippen molar-refractivity contribution >= 4 is 46.4 Å². The number of benzene rings is 2. The van der Waals surface area contributed by atoms with Crippen LogP contribution >= 0.6 is 11.8 Å². The molecule has 1 aliphatic heterocycles. The number of thioether (sulfide) groups is 1. The lowest BCUT2D eigenvalue weighted by Crippen LogP contribution is -2.31. The van der Waals surface area contributed by atoms with Gasteiger partial charge in [0, 0.05) is 12.6 Å². The summed E-state index contributed by atoms with van der Waals surface area (Å²) in [5.74, 6) is 0.245. The molecule has 0 radical (unpaired) electrons. The largest absolute Gasteiger partial charge is 0.468 e. The highest BCUT2D eigenvalue weighted by molar-refractivity contribution is 8.03. The van der Waals surface area contributed by atoms with E-state index in [1.165, 1.54) is 23.6 Å². The van der Waals surface area contributed by atoms with Gasteiger partial charge < -0.3 is 9.73 Å². The van der Waals surface area contributed by atoms with Crippen LogP contribution in [0.3, 0.4) is 0 Å². The summed E-state index contributed by atoms with van der Waals surface area (Å²) >= 11 is 1.28. The van der Waals surface area contributed by atoms with Crippen LogP contribution in [0.4, 0.5) is 11.4 Å². The van der Waals surface area contributed by atoms with E-state index in [0.717, 1.165) is 11.1 Å². The normalized spacial score (nSPS) is 13.8. The van der Waals surface area contributed by atoms with Gasteiger partial charge in [0.15, 0.2) is 0 Å². The van der Waals surface area contributed by atoms with Crippen molar-refractivity contribution in [2.45, 2.75) is 26.5 Å². The Bertz CT molecular complexity index is 1210. The predicted octanol–water partition coefficient (Wildman–Crippen LogP) is 5.07. The summed E-state index contributed by atoms with van der Waals surface area (Å²) in [6, 6.07) is 16.2. The maximum absolute atomic E-state index is 13.5. The zero-order valence-corrected chi connectivity index (χ0v) is 18.8. The maximum atomic E-state index is 13.5. The molecule has 6 nitrogen and oxygen atoms in total. The highest BCUT2D eigenvalue weighted by atomic mass is 32.2. The van der Waals surface area contributed by atoms with Gasteiger partial charge in [-0.05, 0) is 66.9 Å². The molecule has 2 heterocycles. The Morgan fingerprint density at radius 2 is 1.69 bits per heavy atom. The molecule has 3 amide bonds. The molecule has 0 saturated carbocycles. The molecule has 32 heavy (non-hydrogen) atoms. The van der Waals surface area contributed by atoms with Crippen LogP contribution in [0.25, 0.3) is 5.57 Å². The van der Waals surface area contributed by atoms with Gasteiger partial charge in [-0.15, -0.1) is 11.8 Å². The van der Waals surface area contributed by atoms with Crippen molar-refractivity contribution in [3.63, 3.8) is 0 Å².